The average molecular weight is 351 g/mol. The summed E-state index contributed by atoms with van der Waals surface area (Å²) in [4.78, 5) is 0. The number of ether oxygens (including phenoxy) is 2. The maximum atomic E-state index is 12.4. The second kappa shape index (κ2) is 8.13. The molecule has 0 bridgehead atoms. The molecule has 3 nitrogen and oxygen atoms in total. The van der Waals surface area contributed by atoms with E-state index in [0.29, 0.717) is 6.61 Å². The molecule has 130 valence electrons. The summed E-state index contributed by atoms with van der Waals surface area (Å²) < 4.78 is 34.8. The first-order valence-corrected chi connectivity index (χ1v) is 7.92. The lowest BCUT2D eigenvalue weighted by Gasteiger charge is -2.10. The fourth-order valence-corrected chi connectivity index (χ4v) is 2.48. The van der Waals surface area contributed by atoms with Gasteiger partial charge in [-0.1, -0.05) is 48.5 Å². The summed E-state index contributed by atoms with van der Waals surface area (Å²) in [6.45, 7) is -2.49. The molecule has 0 N–H and O–H groups in total. The van der Waals surface area contributed by atoms with Gasteiger partial charge in [-0.2, -0.15) is 14.0 Å². The van der Waals surface area contributed by atoms with Crippen LogP contribution in [0, 0.1) is 11.3 Å². The van der Waals surface area contributed by atoms with Crippen LogP contribution in [0.2, 0.25) is 0 Å². The van der Waals surface area contributed by atoms with E-state index in [1.807, 2.05) is 60.7 Å². The minimum absolute atomic E-state index is 0.0622. The van der Waals surface area contributed by atoms with Gasteiger partial charge in [-0.15, -0.1) is 0 Å². The Balaban J connectivity index is 1.73. The van der Waals surface area contributed by atoms with Crippen LogP contribution in [-0.4, -0.2) is 6.61 Å². The summed E-state index contributed by atoms with van der Waals surface area (Å²) in [6, 6.07) is 23.6. The zero-order valence-electron chi connectivity index (χ0n) is 13.7. The Morgan fingerprint density at radius 1 is 0.885 bits per heavy atom. The molecule has 26 heavy (non-hydrogen) atoms. The van der Waals surface area contributed by atoms with Crippen molar-refractivity contribution in [3.63, 3.8) is 0 Å². The van der Waals surface area contributed by atoms with Gasteiger partial charge >= 0.3 is 6.61 Å². The lowest BCUT2D eigenvalue weighted by atomic mass is 10.0. The quantitative estimate of drug-likeness (QED) is 0.597. The molecule has 3 aromatic carbocycles. The summed E-state index contributed by atoms with van der Waals surface area (Å²) in [5.74, 6) is 0.588. The number of halogens is 2. The molecule has 0 heterocycles. The molecule has 0 aromatic heterocycles. The third kappa shape index (κ3) is 4.37. The third-order valence-electron chi connectivity index (χ3n) is 3.75. The molecule has 0 radical (unpaired) electrons. The van der Waals surface area contributed by atoms with Gasteiger partial charge < -0.3 is 9.47 Å². The largest absolute Gasteiger partial charge is 0.489 e. The normalized spacial score (nSPS) is 10.4. The van der Waals surface area contributed by atoms with Crippen molar-refractivity contribution in [1.82, 2.24) is 0 Å². The number of alkyl halides is 2. The van der Waals surface area contributed by atoms with E-state index in [4.69, 9.17) is 10.00 Å². The highest BCUT2D eigenvalue weighted by Crippen LogP contribution is 2.28. The Hall–Kier alpha value is -3.39. The smallest absolute Gasteiger partial charge is 0.387 e. The van der Waals surface area contributed by atoms with E-state index in [2.05, 4.69) is 4.74 Å². The number of rotatable bonds is 6. The maximum Gasteiger partial charge on any atom is 0.387 e. The zero-order chi connectivity index (χ0) is 18.4. The van der Waals surface area contributed by atoms with Crippen LogP contribution >= 0.6 is 0 Å². The van der Waals surface area contributed by atoms with E-state index in [-0.39, 0.29) is 11.3 Å². The fourth-order valence-electron chi connectivity index (χ4n) is 2.48. The lowest BCUT2D eigenvalue weighted by molar-refractivity contribution is -0.0500. The van der Waals surface area contributed by atoms with E-state index >= 15 is 0 Å². The van der Waals surface area contributed by atoms with Crippen molar-refractivity contribution in [2.45, 2.75) is 13.2 Å². The van der Waals surface area contributed by atoms with Crippen molar-refractivity contribution in [1.29, 1.82) is 5.26 Å². The predicted molar refractivity (Wildman–Crippen MR) is 94.0 cm³/mol. The zero-order valence-corrected chi connectivity index (χ0v) is 13.7. The minimum Gasteiger partial charge on any atom is -0.489 e. The van der Waals surface area contributed by atoms with E-state index in [1.54, 1.807) is 6.07 Å². The number of nitrogens with zero attached hydrogens (tertiary/aromatic N) is 1. The number of hydrogen-bond acceptors (Lipinski definition) is 3. The molecule has 0 saturated heterocycles. The van der Waals surface area contributed by atoms with Crippen LogP contribution in [0.25, 0.3) is 11.1 Å². The minimum atomic E-state index is -2.96. The molecule has 0 aliphatic heterocycles. The van der Waals surface area contributed by atoms with E-state index in [9.17, 15) is 8.78 Å². The van der Waals surface area contributed by atoms with Gasteiger partial charge in [0.25, 0.3) is 0 Å². The molecule has 0 aliphatic carbocycles. The molecule has 0 saturated carbocycles. The first kappa shape index (κ1) is 17.4. The molecule has 0 unspecified atom stereocenters. The lowest BCUT2D eigenvalue weighted by Crippen LogP contribution is -2.03. The summed E-state index contributed by atoms with van der Waals surface area (Å²) in [7, 11) is 0. The fraction of sp³-hybridized carbons (Fsp3) is 0.0952. The Kier molecular flexibility index (Phi) is 5.45. The predicted octanol–water partition coefficient (Wildman–Crippen LogP) is 5.41. The Morgan fingerprint density at radius 3 is 2.23 bits per heavy atom. The first-order chi connectivity index (χ1) is 12.7. The Labute approximate surface area is 150 Å². The van der Waals surface area contributed by atoms with Crippen molar-refractivity contribution in [3.05, 3.63) is 83.9 Å². The molecule has 3 aromatic rings. The standard InChI is InChI=1S/C21H15F2NO2/c22-21(23)26-20-11-8-17(12-18(20)13-24)16-6-9-19(10-7-16)25-14-15-4-2-1-3-5-15/h1-12,21H,14H2. The van der Waals surface area contributed by atoms with Crippen molar-refractivity contribution >= 4 is 0 Å². The van der Waals surface area contributed by atoms with Gasteiger partial charge in [0.1, 0.15) is 24.2 Å². The highest BCUT2D eigenvalue weighted by atomic mass is 19.3. The molecular weight excluding hydrogens is 336 g/mol. The van der Waals surface area contributed by atoms with Gasteiger partial charge in [0.15, 0.2) is 0 Å². The van der Waals surface area contributed by atoms with E-state index in [0.717, 1.165) is 22.4 Å². The summed E-state index contributed by atoms with van der Waals surface area (Å²) in [5, 5.41) is 9.13. The van der Waals surface area contributed by atoms with Gasteiger partial charge in [0.2, 0.25) is 0 Å². The molecule has 0 aliphatic rings. The molecule has 0 fully saturated rings. The van der Waals surface area contributed by atoms with E-state index < -0.39 is 6.61 Å². The molecule has 0 atom stereocenters. The number of nitriles is 1. The second-order valence-electron chi connectivity index (χ2n) is 5.50. The van der Waals surface area contributed by atoms with Crippen LogP contribution in [0.3, 0.4) is 0 Å². The van der Waals surface area contributed by atoms with Crippen molar-refractivity contribution in [3.8, 4) is 28.7 Å². The average Bonchev–Trinajstić information content (AvgIpc) is 2.67. The van der Waals surface area contributed by atoms with Crippen molar-refractivity contribution in [2.75, 3.05) is 0 Å². The SMILES string of the molecule is N#Cc1cc(-c2ccc(OCc3ccccc3)cc2)ccc1OC(F)F. The van der Waals surface area contributed by atoms with Crippen LogP contribution < -0.4 is 9.47 Å². The third-order valence-corrected chi connectivity index (χ3v) is 3.75. The summed E-state index contributed by atoms with van der Waals surface area (Å²) >= 11 is 0. The van der Waals surface area contributed by atoms with Gasteiger partial charge in [0.05, 0.1) is 5.56 Å². The number of hydrogen-bond donors (Lipinski definition) is 0. The molecule has 3 rings (SSSR count). The Bertz CT molecular complexity index is 904. The first-order valence-electron chi connectivity index (χ1n) is 7.92. The maximum absolute atomic E-state index is 12.4. The summed E-state index contributed by atoms with van der Waals surface area (Å²) in [6.07, 6.45) is 0. The van der Waals surface area contributed by atoms with Gasteiger partial charge in [-0.05, 0) is 41.0 Å². The highest BCUT2D eigenvalue weighted by molar-refractivity contribution is 5.67. The van der Waals surface area contributed by atoms with Gasteiger partial charge in [0, 0.05) is 0 Å². The van der Waals surface area contributed by atoms with Crippen LogP contribution in [0.15, 0.2) is 72.8 Å². The Morgan fingerprint density at radius 2 is 1.58 bits per heavy atom. The van der Waals surface area contributed by atoms with Gasteiger partial charge in [-0.25, -0.2) is 0 Å². The van der Waals surface area contributed by atoms with Crippen LogP contribution in [0.1, 0.15) is 11.1 Å². The van der Waals surface area contributed by atoms with Crippen LogP contribution in [0.5, 0.6) is 11.5 Å². The molecule has 0 amide bonds. The summed E-state index contributed by atoms with van der Waals surface area (Å²) in [5.41, 5.74) is 2.71. The molecular formula is C21H15F2NO2. The van der Waals surface area contributed by atoms with E-state index in [1.165, 1.54) is 12.1 Å². The molecule has 5 heteroatoms. The monoisotopic (exact) mass is 351 g/mol. The second-order valence-corrected chi connectivity index (χ2v) is 5.50. The number of benzene rings is 3. The topological polar surface area (TPSA) is 42.2 Å². The van der Waals surface area contributed by atoms with Crippen LogP contribution in [0.4, 0.5) is 8.78 Å². The molecule has 0 spiro atoms. The van der Waals surface area contributed by atoms with Gasteiger partial charge in [-0.3, -0.25) is 0 Å². The van der Waals surface area contributed by atoms with Crippen molar-refractivity contribution < 1.29 is 18.3 Å². The van der Waals surface area contributed by atoms with Crippen molar-refractivity contribution in [2.24, 2.45) is 0 Å². The highest BCUT2D eigenvalue weighted by Gasteiger charge is 2.11. The van der Waals surface area contributed by atoms with Crippen LogP contribution in [-0.2, 0) is 6.61 Å².